The Morgan fingerprint density at radius 2 is 1.35 bits per heavy atom. The lowest BCUT2D eigenvalue weighted by Gasteiger charge is -2.32. The molecule has 4 rings (SSSR count). The smallest absolute Gasteiger partial charge is 0.219 e. The van der Waals surface area contributed by atoms with Crippen LogP contribution < -0.4 is 31.5 Å². The normalized spacial score (nSPS) is 18.1. The van der Waals surface area contributed by atoms with Gasteiger partial charge in [-0.1, -0.05) is 120 Å². The first-order valence-electron chi connectivity index (χ1n) is 21.1. The molecule has 54 heavy (non-hydrogen) atoms. The second-order valence-corrected chi connectivity index (χ2v) is 16.1. The standard InChI is InChI=1S/C47H72N6O/c1-6-7-37-52-41-26-17-15-24-39(41)46(2,3)43(52)28-12-9-8-10-13-29-44-47(4,5)40-25-16-18-27-42(40)53(44)38-21-11-14-30-45(54)51-36-23-35-50-33-20-19-32-49-34-22-31-48/h8-10,12-13,15-18,24-29,44,49-50H,6-7,11,14,19-23,30-38,48H2,1-5H3,(H,51,54). The Morgan fingerprint density at radius 1 is 0.704 bits per heavy atom. The minimum atomic E-state index is -0.0163. The van der Waals surface area contributed by atoms with Crippen LogP contribution in [0.15, 0.2) is 96.8 Å². The Balaban J connectivity index is 1.20. The van der Waals surface area contributed by atoms with E-state index in [4.69, 9.17) is 5.73 Å². The van der Waals surface area contributed by atoms with Crippen LogP contribution in [0, 0.1) is 0 Å². The summed E-state index contributed by atoms with van der Waals surface area (Å²) in [5.74, 6) is 0.176. The van der Waals surface area contributed by atoms with E-state index in [2.05, 4.69) is 151 Å². The maximum Gasteiger partial charge on any atom is 0.219 e. The summed E-state index contributed by atoms with van der Waals surface area (Å²) in [6.07, 6.45) is 25.9. The molecule has 2 aliphatic heterocycles. The van der Waals surface area contributed by atoms with E-state index in [1.165, 1.54) is 53.9 Å². The van der Waals surface area contributed by atoms with Crippen molar-refractivity contribution >= 4 is 17.3 Å². The molecule has 1 unspecified atom stereocenters. The van der Waals surface area contributed by atoms with Gasteiger partial charge < -0.3 is 31.5 Å². The number of unbranched alkanes of at least 4 members (excludes halogenated alkanes) is 4. The summed E-state index contributed by atoms with van der Waals surface area (Å²) in [5, 5.41) is 10.0. The van der Waals surface area contributed by atoms with Gasteiger partial charge in [0.15, 0.2) is 0 Å². The Bertz CT molecular complexity index is 1540. The molecule has 0 bridgehead atoms. The molecule has 1 atom stereocenters. The number of nitrogens with two attached hydrogens (primary N) is 1. The van der Waals surface area contributed by atoms with Gasteiger partial charge in [-0.2, -0.15) is 0 Å². The highest BCUT2D eigenvalue weighted by atomic mass is 16.1. The number of allylic oxidation sites excluding steroid dienone is 7. The molecule has 1 amide bonds. The molecular formula is C47H72N6O. The van der Waals surface area contributed by atoms with Crippen LogP contribution in [0.3, 0.4) is 0 Å². The van der Waals surface area contributed by atoms with Crippen LogP contribution >= 0.6 is 0 Å². The quantitative estimate of drug-likeness (QED) is 0.0604. The van der Waals surface area contributed by atoms with Crippen molar-refractivity contribution in [2.24, 2.45) is 5.73 Å². The van der Waals surface area contributed by atoms with E-state index in [0.29, 0.717) is 6.42 Å². The van der Waals surface area contributed by atoms with Crippen molar-refractivity contribution in [1.82, 2.24) is 16.0 Å². The summed E-state index contributed by atoms with van der Waals surface area (Å²) in [6, 6.07) is 18.0. The maximum atomic E-state index is 12.5. The van der Waals surface area contributed by atoms with Gasteiger partial charge in [0, 0.05) is 54.0 Å². The average Bonchev–Trinajstić information content (AvgIpc) is 3.51. The number of fused-ring (bicyclic) bond motifs is 2. The van der Waals surface area contributed by atoms with Crippen LogP contribution in [-0.2, 0) is 15.6 Å². The highest BCUT2D eigenvalue weighted by Gasteiger charge is 2.42. The third-order valence-corrected chi connectivity index (χ3v) is 11.2. The fourth-order valence-corrected chi connectivity index (χ4v) is 8.03. The number of carbonyl (C=O) groups excluding carboxylic acids is 1. The second-order valence-electron chi connectivity index (χ2n) is 16.1. The van der Waals surface area contributed by atoms with Crippen molar-refractivity contribution in [2.45, 2.75) is 116 Å². The average molecular weight is 737 g/mol. The lowest BCUT2D eigenvalue weighted by Crippen LogP contribution is -2.40. The van der Waals surface area contributed by atoms with Crippen molar-refractivity contribution in [2.75, 3.05) is 62.2 Å². The molecule has 2 aromatic carbocycles. The SMILES string of the molecule is CCCCN1C(=CC=CC=CC=CC2N(CCCCCC(=O)NCCCNCCCCNCCCN)c3ccccc3C2(C)C)C(C)(C)c2ccccc21. The third kappa shape index (κ3) is 12.2. The van der Waals surface area contributed by atoms with E-state index in [-0.39, 0.29) is 22.8 Å². The number of para-hydroxylation sites is 2. The zero-order chi connectivity index (χ0) is 38.7. The lowest BCUT2D eigenvalue weighted by atomic mass is 9.80. The first-order chi connectivity index (χ1) is 26.2. The molecular weight excluding hydrogens is 665 g/mol. The highest BCUT2D eigenvalue weighted by molar-refractivity contribution is 5.75. The van der Waals surface area contributed by atoms with Gasteiger partial charge in [-0.15, -0.1) is 0 Å². The second kappa shape index (κ2) is 22.7. The molecule has 2 aromatic rings. The van der Waals surface area contributed by atoms with Gasteiger partial charge in [-0.3, -0.25) is 4.79 Å². The maximum absolute atomic E-state index is 12.5. The molecule has 0 aromatic heterocycles. The summed E-state index contributed by atoms with van der Waals surface area (Å²) in [7, 11) is 0. The molecule has 0 fully saturated rings. The van der Waals surface area contributed by atoms with Crippen LogP contribution in [0.5, 0.6) is 0 Å². The number of nitrogens with one attached hydrogen (secondary N) is 3. The van der Waals surface area contributed by atoms with Crippen molar-refractivity contribution in [3.8, 4) is 0 Å². The number of rotatable bonds is 25. The van der Waals surface area contributed by atoms with E-state index in [9.17, 15) is 4.79 Å². The minimum Gasteiger partial charge on any atom is -0.364 e. The monoisotopic (exact) mass is 737 g/mol. The molecule has 296 valence electrons. The number of benzene rings is 2. The van der Waals surface area contributed by atoms with E-state index >= 15 is 0 Å². The van der Waals surface area contributed by atoms with E-state index in [1.54, 1.807) is 0 Å². The zero-order valence-corrected chi connectivity index (χ0v) is 34.3. The molecule has 2 aliphatic rings. The summed E-state index contributed by atoms with van der Waals surface area (Å²) < 4.78 is 0. The Morgan fingerprint density at radius 3 is 2.09 bits per heavy atom. The first kappa shape index (κ1) is 43.1. The van der Waals surface area contributed by atoms with E-state index in [1.807, 2.05) is 0 Å². The fourth-order valence-electron chi connectivity index (χ4n) is 8.03. The molecule has 0 radical (unpaired) electrons. The number of nitrogens with zero attached hydrogens (tertiary/aromatic N) is 2. The molecule has 7 nitrogen and oxygen atoms in total. The largest absolute Gasteiger partial charge is 0.364 e. The van der Waals surface area contributed by atoms with Gasteiger partial charge in [0.2, 0.25) is 5.91 Å². The summed E-state index contributed by atoms with van der Waals surface area (Å²) >= 11 is 0. The molecule has 2 heterocycles. The molecule has 0 saturated carbocycles. The molecule has 5 N–H and O–H groups in total. The fraction of sp³-hybridized carbons (Fsp3) is 0.553. The van der Waals surface area contributed by atoms with Crippen LogP contribution in [0.2, 0.25) is 0 Å². The number of hydrogen-bond acceptors (Lipinski definition) is 6. The molecule has 0 spiro atoms. The predicted molar refractivity (Wildman–Crippen MR) is 233 cm³/mol. The number of hydrogen-bond donors (Lipinski definition) is 4. The minimum absolute atomic E-state index is 0.00256. The van der Waals surface area contributed by atoms with Crippen LogP contribution in [0.25, 0.3) is 0 Å². The third-order valence-electron chi connectivity index (χ3n) is 11.2. The van der Waals surface area contributed by atoms with Crippen LogP contribution in [0.1, 0.15) is 110 Å². The molecule has 7 heteroatoms. The summed E-state index contributed by atoms with van der Waals surface area (Å²) in [6.45, 7) is 19.3. The van der Waals surface area contributed by atoms with Gasteiger partial charge in [-0.25, -0.2) is 0 Å². The molecule has 0 saturated heterocycles. The van der Waals surface area contributed by atoms with E-state index in [0.717, 1.165) is 84.5 Å². The van der Waals surface area contributed by atoms with Gasteiger partial charge in [-0.05, 0) is 107 Å². The van der Waals surface area contributed by atoms with Gasteiger partial charge in [0.05, 0.1) is 6.04 Å². The van der Waals surface area contributed by atoms with E-state index < -0.39 is 0 Å². The Labute approximate surface area is 328 Å². The van der Waals surface area contributed by atoms with Crippen molar-refractivity contribution in [3.05, 3.63) is 108 Å². The highest BCUT2D eigenvalue weighted by Crippen LogP contribution is 2.48. The van der Waals surface area contributed by atoms with Gasteiger partial charge in [0.1, 0.15) is 0 Å². The Hall–Kier alpha value is -3.65. The predicted octanol–water partition coefficient (Wildman–Crippen LogP) is 8.68. The van der Waals surface area contributed by atoms with Crippen LogP contribution in [0.4, 0.5) is 11.4 Å². The van der Waals surface area contributed by atoms with Gasteiger partial charge >= 0.3 is 0 Å². The number of carbonyl (C=O) groups is 1. The zero-order valence-electron chi connectivity index (χ0n) is 34.3. The summed E-state index contributed by atoms with van der Waals surface area (Å²) in [5.41, 5.74) is 12.4. The van der Waals surface area contributed by atoms with Gasteiger partial charge in [0.25, 0.3) is 0 Å². The Kier molecular flexibility index (Phi) is 18.1. The molecule has 0 aliphatic carbocycles. The van der Waals surface area contributed by atoms with Crippen LogP contribution in [-0.4, -0.2) is 64.3 Å². The van der Waals surface area contributed by atoms with Crippen molar-refractivity contribution < 1.29 is 4.79 Å². The number of amides is 1. The first-order valence-corrected chi connectivity index (χ1v) is 21.1. The van der Waals surface area contributed by atoms with Crippen molar-refractivity contribution in [1.29, 1.82) is 0 Å². The summed E-state index contributed by atoms with van der Waals surface area (Å²) in [4.78, 5) is 17.6. The number of anilines is 2. The lowest BCUT2D eigenvalue weighted by molar-refractivity contribution is -0.121. The van der Waals surface area contributed by atoms with Crippen molar-refractivity contribution in [3.63, 3.8) is 0 Å². The topological polar surface area (TPSA) is 85.7 Å².